The molecule has 0 atom stereocenters. The molecule has 0 aromatic heterocycles. The predicted molar refractivity (Wildman–Crippen MR) is 86.8 cm³/mol. The van der Waals surface area contributed by atoms with Crippen molar-refractivity contribution in [2.75, 3.05) is 17.7 Å². The van der Waals surface area contributed by atoms with E-state index in [1.807, 2.05) is 0 Å². The van der Waals surface area contributed by atoms with E-state index in [1.165, 1.54) is 7.11 Å². The van der Waals surface area contributed by atoms with Crippen molar-refractivity contribution in [1.29, 1.82) is 0 Å². The van der Waals surface area contributed by atoms with Gasteiger partial charge in [-0.1, -0.05) is 6.07 Å². The average molecular weight is 409 g/mol. The molecule has 122 valence electrons. The maximum atomic E-state index is 13.7. The van der Waals surface area contributed by atoms with Gasteiger partial charge in [-0.05, 0) is 40.3 Å². The summed E-state index contributed by atoms with van der Waals surface area (Å²) in [4.78, 5) is 0. The van der Waals surface area contributed by atoms with Crippen molar-refractivity contribution in [2.45, 2.75) is 0 Å². The highest BCUT2D eigenvalue weighted by Gasteiger charge is 2.24. The average Bonchev–Trinajstić information content (AvgIpc) is 2.55. The molecule has 0 radical (unpaired) electrons. The molecule has 0 amide bonds. The van der Waals surface area contributed by atoms with E-state index in [-0.39, 0.29) is 5.11 Å². The molecule has 2 aromatic rings. The Labute approximate surface area is 142 Å². The molecule has 0 fully saturated rings. The number of thiocarbonyl (C=S) groups is 1. The van der Waals surface area contributed by atoms with Crippen molar-refractivity contribution in [1.82, 2.24) is 0 Å². The molecule has 0 aliphatic carbocycles. The second-order valence-corrected chi connectivity index (χ2v) is 5.46. The summed E-state index contributed by atoms with van der Waals surface area (Å²) >= 11 is 7.31. The molecule has 3 nitrogen and oxygen atoms in total. The minimum atomic E-state index is -1.59. The number of halogens is 5. The van der Waals surface area contributed by atoms with E-state index in [1.54, 1.807) is 24.3 Å². The molecule has 0 aliphatic rings. The van der Waals surface area contributed by atoms with Gasteiger partial charge in [0.2, 0.25) is 0 Å². The van der Waals surface area contributed by atoms with E-state index in [0.717, 1.165) is 0 Å². The van der Waals surface area contributed by atoms with E-state index in [2.05, 4.69) is 26.6 Å². The number of methoxy groups -OCH3 is 1. The Morgan fingerprint density at radius 2 is 1.65 bits per heavy atom. The van der Waals surface area contributed by atoms with E-state index in [4.69, 9.17) is 17.0 Å². The van der Waals surface area contributed by atoms with Crippen molar-refractivity contribution in [3.63, 3.8) is 0 Å². The largest absolute Gasteiger partial charge is 0.497 e. The summed E-state index contributed by atoms with van der Waals surface area (Å²) < 4.78 is 58.5. The van der Waals surface area contributed by atoms with Gasteiger partial charge in [0.15, 0.2) is 28.4 Å². The summed E-state index contributed by atoms with van der Waals surface area (Å²) in [7, 11) is 1.47. The van der Waals surface area contributed by atoms with Crippen LogP contribution in [-0.4, -0.2) is 12.2 Å². The molecule has 0 heterocycles. The van der Waals surface area contributed by atoms with Crippen molar-refractivity contribution in [3.8, 4) is 5.75 Å². The number of benzene rings is 2. The van der Waals surface area contributed by atoms with E-state index in [9.17, 15) is 17.6 Å². The van der Waals surface area contributed by atoms with Gasteiger partial charge in [0, 0.05) is 11.8 Å². The summed E-state index contributed by atoms with van der Waals surface area (Å²) in [6.07, 6.45) is 0. The van der Waals surface area contributed by atoms with Crippen molar-refractivity contribution in [3.05, 3.63) is 52.0 Å². The molecule has 2 rings (SSSR count). The van der Waals surface area contributed by atoms with Crippen LogP contribution in [0.25, 0.3) is 0 Å². The highest BCUT2D eigenvalue weighted by atomic mass is 79.9. The fraction of sp³-hybridized carbons (Fsp3) is 0.0714. The molecule has 0 spiro atoms. The van der Waals surface area contributed by atoms with Crippen LogP contribution in [0.1, 0.15) is 0 Å². The van der Waals surface area contributed by atoms with E-state index >= 15 is 0 Å². The Morgan fingerprint density at radius 1 is 1.04 bits per heavy atom. The molecule has 0 unspecified atom stereocenters. The molecule has 9 heteroatoms. The summed E-state index contributed by atoms with van der Waals surface area (Å²) in [5.41, 5.74) is -0.565. The van der Waals surface area contributed by atoms with Crippen LogP contribution in [0.5, 0.6) is 5.75 Å². The SMILES string of the molecule is COc1cccc(NC(=S)Nc2c(F)c(F)c(Br)c(F)c2F)c1. The van der Waals surface area contributed by atoms with Gasteiger partial charge in [0.05, 0.1) is 11.6 Å². The molecule has 2 aromatic carbocycles. The third kappa shape index (κ3) is 3.73. The van der Waals surface area contributed by atoms with Gasteiger partial charge in [-0.15, -0.1) is 0 Å². The number of hydrogen-bond donors (Lipinski definition) is 2. The zero-order valence-electron chi connectivity index (χ0n) is 11.5. The second kappa shape index (κ2) is 7.14. The quantitative estimate of drug-likeness (QED) is 0.330. The Hall–Kier alpha value is -1.87. The molecule has 0 aliphatic heterocycles. The van der Waals surface area contributed by atoms with Gasteiger partial charge in [-0.3, -0.25) is 0 Å². The number of hydrogen-bond acceptors (Lipinski definition) is 2. The summed E-state index contributed by atoms with van der Waals surface area (Å²) in [5.74, 6) is -5.78. The third-order valence-corrected chi connectivity index (χ3v) is 3.68. The van der Waals surface area contributed by atoms with Gasteiger partial charge in [-0.25, -0.2) is 17.6 Å². The topological polar surface area (TPSA) is 33.3 Å². The van der Waals surface area contributed by atoms with Crippen molar-refractivity contribution in [2.24, 2.45) is 0 Å². The first-order valence-corrected chi connectivity index (χ1v) is 7.28. The monoisotopic (exact) mass is 408 g/mol. The number of nitrogens with one attached hydrogen (secondary N) is 2. The molecule has 0 bridgehead atoms. The fourth-order valence-corrected chi connectivity index (χ4v) is 2.26. The van der Waals surface area contributed by atoms with E-state index in [0.29, 0.717) is 11.4 Å². The molecule has 23 heavy (non-hydrogen) atoms. The normalized spacial score (nSPS) is 10.3. The minimum absolute atomic E-state index is 0.253. The molecular formula is C14H9BrF4N2OS. The van der Waals surface area contributed by atoms with Crippen LogP contribution in [0.4, 0.5) is 28.9 Å². The highest BCUT2D eigenvalue weighted by molar-refractivity contribution is 9.10. The van der Waals surface area contributed by atoms with Gasteiger partial charge in [0.1, 0.15) is 11.4 Å². The molecule has 0 saturated heterocycles. The number of ether oxygens (including phenoxy) is 1. The summed E-state index contributed by atoms with van der Waals surface area (Å²) in [6, 6.07) is 6.53. The summed E-state index contributed by atoms with van der Waals surface area (Å²) in [6.45, 7) is 0. The first-order chi connectivity index (χ1) is 10.8. The zero-order chi connectivity index (χ0) is 17.1. The van der Waals surface area contributed by atoms with Crippen molar-refractivity contribution >= 4 is 44.6 Å². The van der Waals surface area contributed by atoms with Gasteiger partial charge in [0.25, 0.3) is 0 Å². The Bertz CT molecular complexity index is 744. The Morgan fingerprint density at radius 3 is 2.22 bits per heavy atom. The van der Waals surface area contributed by atoms with Gasteiger partial charge >= 0.3 is 0 Å². The zero-order valence-corrected chi connectivity index (χ0v) is 13.9. The first-order valence-electron chi connectivity index (χ1n) is 6.08. The van der Waals surface area contributed by atoms with E-state index < -0.39 is 33.4 Å². The maximum Gasteiger partial charge on any atom is 0.186 e. The first kappa shape index (κ1) is 17.5. The van der Waals surface area contributed by atoms with Gasteiger partial charge < -0.3 is 15.4 Å². The standard InChI is InChI=1S/C14H9BrF4N2OS/c1-22-7-4-2-3-6(5-7)20-14(23)21-13-11(18)9(16)8(15)10(17)12(13)19/h2-5H,1H3,(H2,20,21,23). The molecular weight excluding hydrogens is 400 g/mol. The smallest absolute Gasteiger partial charge is 0.186 e. The van der Waals surface area contributed by atoms with Crippen LogP contribution in [-0.2, 0) is 0 Å². The lowest BCUT2D eigenvalue weighted by atomic mass is 10.2. The number of rotatable bonds is 3. The lowest BCUT2D eigenvalue weighted by Gasteiger charge is -2.14. The van der Waals surface area contributed by atoms with Crippen LogP contribution in [0.15, 0.2) is 28.7 Å². The minimum Gasteiger partial charge on any atom is -0.497 e. The second-order valence-electron chi connectivity index (χ2n) is 4.26. The third-order valence-electron chi connectivity index (χ3n) is 2.78. The Balaban J connectivity index is 2.24. The van der Waals surface area contributed by atoms with Crippen LogP contribution in [0.3, 0.4) is 0 Å². The van der Waals surface area contributed by atoms with Crippen LogP contribution in [0.2, 0.25) is 0 Å². The number of anilines is 2. The molecule has 2 N–H and O–H groups in total. The van der Waals surface area contributed by atoms with Crippen molar-refractivity contribution < 1.29 is 22.3 Å². The maximum absolute atomic E-state index is 13.7. The van der Waals surface area contributed by atoms with Crippen LogP contribution >= 0.6 is 28.1 Å². The van der Waals surface area contributed by atoms with Crippen LogP contribution < -0.4 is 15.4 Å². The predicted octanol–water partition coefficient (Wildman–Crippen LogP) is 4.82. The highest BCUT2D eigenvalue weighted by Crippen LogP contribution is 2.31. The van der Waals surface area contributed by atoms with Gasteiger partial charge in [-0.2, -0.15) is 0 Å². The van der Waals surface area contributed by atoms with Crippen LogP contribution in [0, 0.1) is 23.3 Å². The lowest BCUT2D eigenvalue weighted by molar-refractivity contribution is 0.415. The molecule has 0 saturated carbocycles. The summed E-state index contributed by atoms with van der Waals surface area (Å²) in [5, 5.41) is 4.47. The fourth-order valence-electron chi connectivity index (χ4n) is 1.69. The lowest BCUT2D eigenvalue weighted by Crippen LogP contribution is -2.21. The Kier molecular flexibility index (Phi) is 5.42.